The Morgan fingerprint density at radius 2 is 1.85 bits per heavy atom. The molecule has 2 heterocycles. The Morgan fingerprint density at radius 1 is 1.09 bits per heavy atom. The zero-order valence-electron chi connectivity index (χ0n) is 19.1. The Balaban J connectivity index is 1.51. The van der Waals surface area contributed by atoms with E-state index in [-0.39, 0.29) is 11.7 Å². The molecule has 2 aromatic heterocycles. The van der Waals surface area contributed by atoms with E-state index >= 15 is 0 Å². The summed E-state index contributed by atoms with van der Waals surface area (Å²) >= 11 is 1.30. The maximum absolute atomic E-state index is 12.5. The summed E-state index contributed by atoms with van der Waals surface area (Å²) in [6.07, 6.45) is 3.43. The average Bonchev–Trinajstić information content (AvgIpc) is 3.31. The number of amides is 1. The summed E-state index contributed by atoms with van der Waals surface area (Å²) in [7, 11) is 1.61. The van der Waals surface area contributed by atoms with E-state index in [0.29, 0.717) is 16.7 Å². The van der Waals surface area contributed by atoms with Gasteiger partial charge >= 0.3 is 0 Å². The van der Waals surface area contributed by atoms with Crippen LogP contribution in [0, 0.1) is 6.92 Å². The van der Waals surface area contributed by atoms with Crippen molar-refractivity contribution < 1.29 is 9.53 Å². The molecule has 1 amide bonds. The molecule has 172 valence electrons. The standard InChI is InChI=1S/C25H24N6O2S/c1-17-7-9-21(10-8-17)31-24(19-11-13-26-14-12-19)29-30-25(31)34-16-23(32)28-27-18(2)20-5-4-6-22(15-20)33-3/h4-15H,16H2,1-3H3,(H,28,32)/b27-18-. The molecular formula is C25H24N6O2S. The number of thioether (sulfide) groups is 1. The fourth-order valence-electron chi connectivity index (χ4n) is 3.20. The highest BCUT2D eigenvalue weighted by molar-refractivity contribution is 7.99. The summed E-state index contributed by atoms with van der Waals surface area (Å²) in [5, 5.41) is 13.6. The lowest BCUT2D eigenvalue weighted by atomic mass is 10.1. The quantitative estimate of drug-likeness (QED) is 0.234. The highest BCUT2D eigenvalue weighted by atomic mass is 32.2. The summed E-state index contributed by atoms with van der Waals surface area (Å²) in [6.45, 7) is 3.87. The largest absolute Gasteiger partial charge is 0.497 e. The number of hydrogen-bond acceptors (Lipinski definition) is 7. The van der Waals surface area contributed by atoms with Crippen molar-refractivity contribution in [1.82, 2.24) is 25.2 Å². The zero-order valence-corrected chi connectivity index (χ0v) is 19.9. The lowest BCUT2D eigenvalue weighted by Crippen LogP contribution is -2.21. The predicted octanol–water partition coefficient (Wildman–Crippen LogP) is 4.28. The Kier molecular flexibility index (Phi) is 7.34. The molecule has 0 saturated heterocycles. The number of rotatable bonds is 8. The van der Waals surface area contributed by atoms with Gasteiger partial charge in [0.05, 0.1) is 18.6 Å². The Labute approximate surface area is 202 Å². The number of carbonyl (C=O) groups excluding carboxylic acids is 1. The lowest BCUT2D eigenvalue weighted by Gasteiger charge is -2.10. The van der Waals surface area contributed by atoms with Crippen LogP contribution in [0.25, 0.3) is 17.1 Å². The van der Waals surface area contributed by atoms with Crippen LogP contribution >= 0.6 is 11.8 Å². The Bertz CT molecular complexity index is 1300. The van der Waals surface area contributed by atoms with E-state index in [4.69, 9.17) is 4.74 Å². The second-order valence-corrected chi connectivity index (χ2v) is 8.41. The van der Waals surface area contributed by atoms with Crippen LogP contribution in [0.1, 0.15) is 18.1 Å². The van der Waals surface area contributed by atoms with Crippen molar-refractivity contribution in [3.63, 3.8) is 0 Å². The van der Waals surface area contributed by atoms with Crippen LogP contribution in [-0.4, -0.2) is 44.2 Å². The van der Waals surface area contributed by atoms with Gasteiger partial charge < -0.3 is 4.74 Å². The molecule has 0 saturated carbocycles. The third kappa shape index (κ3) is 5.49. The molecule has 34 heavy (non-hydrogen) atoms. The van der Waals surface area contributed by atoms with E-state index < -0.39 is 0 Å². The molecule has 0 fully saturated rings. The number of pyridine rings is 1. The fraction of sp³-hybridized carbons (Fsp3) is 0.160. The van der Waals surface area contributed by atoms with E-state index in [1.54, 1.807) is 19.5 Å². The first kappa shape index (κ1) is 23.2. The van der Waals surface area contributed by atoms with Gasteiger partial charge in [-0.05, 0) is 50.2 Å². The normalized spacial score (nSPS) is 11.3. The number of nitrogens with one attached hydrogen (secondary N) is 1. The highest BCUT2D eigenvalue weighted by Gasteiger charge is 2.17. The van der Waals surface area contributed by atoms with Gasteiger partial charge in [0.2, 0.25) is 0 Å². The number of ether oxygens (including phenoxy) is 1. The van der Waals surface area contributed by atoms with E-state index in [0.717, 1.165) is 28.1 Å². The third-order valence-electron chi connectivity index (χ3n) is 5.03. The number of hydrogen-bond donors (Lipinski definition) is 1. The summed E-state index contributed by atoms with van der Waals surface area (Å²) in [4.78, 5) is 16.6. The molecule has 0 atom stereocenters. The molecule has 4 rings (SSSR count). The summed E-state index contributed by atoms with van der Waals surface area (Å²) in [6, 6.07) is 19.4. The smallest absolute Gasteiger partial charge is 0.250 e. The lowest BCUT2D eigenvalue weighted by molar-refractivity contribution is -0.118. The van der Waals surface area contributed by atoms with Gasteiger partial charge in [0.1, 0.15) is 5.75 Å². The van der Waals surface area contributed by atoms with Gasteiger partial charge in [0, 0.05) is 29.2 Å². The average molecular weight is 473 g/mol. The number of carbonyl (C=O) groups is 1. The maximum Gasteiger partial charge on any atom is 0.250 e. The monoisotopic (exact) mass is 472 g/mol. The summed E-state index contributed by atoms with van der Waals surface area (Å²) in [5.41, 5.74) is 7.12. The van der Waals surface area contributed by atoms with Crippen LogP contribution < -0.4 is 10.2 Å². The molecule has 0 aliphatic heterocycles. The van der Waals surface area contributed by atoms with Gasteiger partial charge in [-0.1, -0.05) is 41.6 Å². The molecule has 4 aromatic rings. The number of hydrazone groups is 1. The van der Waals surface area contributed by atoms with Gasteiger partial charge in [-0.15, -0.1) is 10.2 Å². The second kappa shape index (κ2) is 10.8. The van der Waals surface area contributed by atoms with E-state index in [1.807, 2.05) is 79.1 Å². The molecule has 8 nitrogen and oxygen atoms in total. The molecule has 0 spiro atoms. The minimum atomic E-state index is -0.240. The van der Waals surface area contributed by atoms with E-state index in [1.165, 1.54) is 11.8 Å². The molecule has 0 aliphatic carbocycles. The van der Waals surface area contributed by atoms with E-state index in [9.17, 15) is 4.79 Å². The van der Waals surface area contributed by atoms with Crippen molar-refractivity contribution in [3.05, 3.63) is 84.2 Å². The maximum atomic E-state index is 12.5. The van der Waals surface area contributed by atoms with Crippen LogP contribution in [0.2, 0.25) is 0 Å². The summed E-state index contributed by atoms with van der Waals surface area (Å²) in [5.74, 6) is 1.31. The third-order valence-corrected chi connectivity index (χ3v) is 5.96. The SMILES string of the molecule is COc1cccc(/C(C)=N\NC(=O)CSc2nnc(-c3ccncc3)n2-c2ccc(C)cc2)c1. The molecule has 0 aliphatic rings. The van der Waals surface area contributed by atoms with Crippen LogP contribution in [0.5, 0.6) is 5.75 Å². The van der Waals surface area contributed by atoms with Crippen molar-refractivity contribution in [2.75, 3.05) is 12.9 Å². The second-order valence-electron chi connectivity index (χ2n) is 7.47. The molecule has 0 bridgehead atoms. The van der Waals surface area contributed by atoms with Crippen molar-refractivity contribution in [1.29, 1.82) is 0 Å². The molecular weight excluding hydrogens is 448 g/mol. The topological polar surface area (TPSA) is 94.3 Å². The number of aromatic nitrogens is 4. The fourth-order valence-corrected chi connectivity index (χ4v) is 3.94. The molecule has 9 heteroatoms. The highest BCUT2D eigenvalue weighted by Crippen LogP contribution is 2.27. The van der Waals surface area contributed by atoms with Crippen molar-refractivity contribution in [3.8, 4) is 22.8 Å². The van der Waals surface area contributed by atoms with Crippen LogP contribution in [0.4, 0.5) is 0 Å². The molecule has 1 N–H and O–H groups in total. The van der Waals surface area contributed by atoms with Crippen molar-refractivity contribution in [2.24, 2.45) is 5.10 Å². The molecule has 2 aromatic carbocycles. The first-order chi connectivity index (χ1) is 16.5. The minimum Gasteiger partial charge on any atom is -0.497 e. The Hall–Kier alpha value is -3.98. The van der Waals surface area contributed by atoms with Gasteiger partial charge in [0.25, 0.3) is 5.91 Å². The van der Waals surface area contributed by atoms with Crippen molar-refractivity contribution in [2.45, 2.75) is 19.0 Å². The number of benzene rings is 2. The first-order valence-electron chi connectivity index (χ1n) is 10.6. The zero-order chi connectivity index (χ0) is 23.9. The van der Waals surface area contributed by atoms with Crippen LogP contribution in [-0.2, 0) is 4.79 Å². The van der Waals surface area contributed by atoms with Crippen molar-refractivity contribution >= 4 is 23.4 Å². The Morgan fingerprint density at radius 3 is 2.59 bits per heavy atom. The first-order valence-corrected chi connectivity index (χ1v) is 11.6. The van der Waals surface area contributed by atoms with Crippen LogP contribution in [0.15, 0.2) is 83.3 Å². The molecule has 0 radical (unpaired) electrons. The van der Waals surface area contributed by atoms with Gasteiger partial charge in [-0.3, -0.25) is 14.3 Å². The van der Waals surface area contributed by atoms with Gasteiger partial charge in [0.15, 0.2) is 11.0 Å². The predicted molar refractivity (Wildman–Crippen MR) is 133 cm³/mol. The summed E-state index contributed by atoms with van der Waals surface area (Å²) < 4.78 is 7.18. The molecule has 0 unspecified atom stereocenters. The van der Waals surface area contributed by atoms with Gasteiger partial charge in [-0.25, -0.2) is 5.43 Å². The number of aryl methyl sites for hydroxylation is 1. The van der Waals surface area contributed by atoms with E-state index in [2.05, 4.69) is 25.7 Å². The van der Waals surface area contributed by atoms with Gasteiger partial charge in [-0.2, -0.15) is 5.10 Å². The van der Waals surface area contributed by atoms with Crippen LogP contribution in [0.3, 0.4) is 0 Å². The number of nitrogens with zero attached hydrogens (tertiary/aromatic N) is 5. The minimum absolute atomic E-state index is 0.134. The number of methoxy groups -OCH3 is 1.